The Labute approximate surface area is 85.9 Å². The molecule has 0 saturated carbocycles. The van der Waals surface area contributed by atoms with Crippen molar-refractivity contribution in [2.75, 3.05) is 0 Å². The minimum atomic E-state index is 0.198. The first kappa shape index (κ1) is 8.67. The largest absolute Gasteiger partial charge is 0.508 e. The van der Waals surface area contributed by atoms with Crippen molar-refractivity contribution in [3.63, 3.8) is 0 Å². The van der Waals surface area contributed by atoms with Crippen molar-refractivity contribution >= 4 is 23.2 Å². The fourth-order valence-electron chi connectivity index (χ4n) is 1.26. The molecule has 0 aromatic rings. The molecule has 0 saturated heterocycles. The fraction of sp³-hybridized carbons (Fsp3) is 0. The summed E-state index contributed by atoms with van der Waals surface area (Å²) in [7, 11) is 0. The van der Waals surface area contributed by atoms with Gasteiger partial charge in [0.15, 0.2) is 0 Å². The number of aromatic hydroxyl groups is 1. The number of halogens is 2. The zero-order chi connectivity index (χ0) is 9.42. The Hall–Kier alpha value is -0.920. The Morgan fingerprint density at radius 1 is 0.846 bits per heavy atom. The molecular formula is C10H6Cl2O. The summed E-state index contributed by atoms with van der Waals surface area (Å²) in [6.07, 6.45) is 0. The maximum absolute atomic E-state index is 9.22. The number of fused-ring (bicyclic) bond motifs is 1. The summed E-state index contributed by atoms with van der Waals surface area (Å²) in [6, 6.07) is 8.37. The molecule has 66 valence electrons. The Bertz CT molecular complexity index is 389. The lowest BCUT2D eigenvalue weighted by Crippen LogP contribution is -1.65. The van der Waals surface area contributed by atoms with Crippen LogP contribution in [-0.2, 0) is 0 Å². The molecule has 0 amide bonds. The van der Waals surface area contributed by atoms with Gasteiger partial charge in [0.1, 0.15) is 5.75 Å². The summed E-state index contributed by atoms with van der Waals surface area (Å²) < 4.78 is 0. The van der Waals surface area contributed by atoms with Crippen LogP contribution in [0.25, 0.3) is 11.1 Å². The number of hydrogen-bond donors (Lipinski definition) is 1. The van der Waals surface area contributed by atoms with Crippen LogP contribution in [0.5, 0.6) is 5.75 Å². The monoisotopic (exact) mass is 212 g/mol. The van der Waals surface area contributed by atoms with Crippen LogP contribution < -0.4 is 0 Å². The summed E-state index contributed by atoms with van der Waals surface area (Å²) in [5.41, 5.74) is 1.71. The molecule has 0 aromatic heterocycles. The second kappa shape index (κ2) is 3.09. The molecule has 2 aliphatic carbocycles. The maximum atomic E-state index is 9.22. The second-order valence-corrected chi connectivity index (χ2v) is 3.57. The summed E-state index contributed by atoms with van der Waals surface area (Å²) in [6.45, 7) is 0. The zero-order valence-corrected chi connectivity index (χ0v) is 8.10. The van der Waals surface area contributed by atoms with E-state index in [1.165, 1.54) is 0 Å². The molecule has 1 nitrogen and oxygen atoms in total. The lowest BCUT2D eigenvalue weighted by atomic mass is 10.2. The third-order valence-corrected chi connectivity index (χ3v) is 2.53. The van der Waals surface area contributed by atoms with E-state index in [4.69, 9.17) is 23.2 Å². The van der Waals surface area contributed by atoms with Gasteiger partial charge in [-0.3, -0.25) is 0 Å². The van der Waals surface area contributed by atoms with E-state index in [9.17, 15) is 5.11 Å². The fourth-order valence-corrected chi connectivity index (χ4v) is 1.86. The highest BCUT2D eigenvalue weighted by molar-refractivity contribution is 6.40. The first-order valence-electron chi connectivity index (χ1n) is 3.75. The minimum Gasteiger partial charge on any atom is -0.508 e. The van der Waals surface area contributed by atoms with Gasteiger partial charge in [-0.15, -0.1) is 0 Å². The van der Waals surface area contributed by atoms with Crippen molar-refractivity contribution in [3.8, 4) is 16.9 Å². The smallest absolute Gasteiger partial charge is 0.115 e. The predicted molar refractivity (Wildman–Crippen MR) is 54.7 cm³/mol. The van der Waals surface area contributed by atoms with Crippen molar-refractivity contribution in [1.29, 1.82) is 0 Å². The first-order chi connectivity index (χ1) is 6.18. The Kier molecular flexibility index (Phi) is 2.06. The molecule has 3 heteroatoms. The molecule has 1 N–H and O–H groups in total. The molecule has 0 spiro atoms. The third kappa shape index (κ3) is 1.45. The van der Waals surface area contributed by atoms with E-state index in [0.29, 0.717) is 10.0 Å². The quantitative estimate of drug-likeness (QED) is 0.705. The molecule has 13 heavy (non-hydrogen) atoms. The van der Waals surface area contributed by atoms with Crippen LogP contribution in [0.15, 0.2) is 30.3 Å². The van der Waals surface area contributed by atoms with Crippen molar-refractivity contribution < 1.29 is 5.11 Å². The molecular weight excluding hydrogens is 207 g/mol. The van der Waals surface area contributed by atoms with E-state index in [-0.39, 0.29) is 5.75 Å². The molecule has 0 aromatic carbocycles. The van der Waals surface area contributed by atoms with Gasteiger partial charge in [0.05, 0.1) is 0 Å². The van der Waals surface area contributed by atoms with E-state index in [1.807, 2.05) is 0 Å². The van der Waals surface area contributed by atoms with Gasteiger partial charge in [-0.2, -0.15) is 0 Å². The zero-order valence-electron chi connectivity index (χ0n) is 6.59. The van der Waals surface area contributed by atoms with E-state index >= 15 is 0 Å². The molecule has 0 unspecified atom stereocenters. The van der Waals surface area contributed by atoms with Crippen LogP contribution in [-0.4, -0.2) is 5.11 Å². The molecule has 2 rings (SSSR count). The van der Waals surface area contributed by atoms with Crippen LogP contribution in [0, 0.1) is 0 Å². The minimum absolute atomic E-state index is 0.198. The van der Waals surface area contributed by atoms with Crippen LogP contribution >= 0.6 is 23.2 Å². The molecule has 0 radical (unpaired) electrons. The predicted octanol–water partition coefficient (Wildman–Crippen LogP) is 3.80. The van der Waals surface area contributed by atoms with E-state index in [2.05, 4.69) is 0 Å². The number of hydrogen-bond acceptors (Lipinski definition) is 1. The van der Waals surface area contributed by atoms with Gasteiger partial charge >= 0.3 is 0 Å². The van der Waals surface area contributed by atoms with Crippen molar-refractivity contribution in [1.82, 2.24) is 0 Å². The molecule has 2 aliphatic rings. The van der Waals surface area contributed by atoms with Crippen LogP contribution in [0.1, 0.15) is 0 Å². The summed E-state index contributed by atoms with van der Waals surface area (Å²) >= 11 is 11.8. The van der Waals surface area contributed by atoms with Crippen molar-refractivity contribution in [3.05, 3.63) is 40.4 Å². The van der Waals surface area contributed by atoms with Gasteiger partial charge in [0.25, 0.3) is 0 Å². The normalized spacial score (nSPS) is 10.6. The van der Waals surface area contributed by atoms with Crippen LogP contribution in [0.3, 0.4) is 0 Å². The number of rotatable bonds is 0. The Morgan fingerprint density at radius 3 is 1.77 bits per heavy atom. The Balaban J connectivity index is 2.78. The van der Waals surface area contributed by atoms with E-state index < -0.39 is 0 Å². The standard InChI is InChI=1S/C10H6Cl2O/c11-9-5-10(12)8-4-2-6(13)1-3-7(8)9/h1-5,13H. The molecule has 0 bridgehead atoms. The van der Waals surface area contributed by atoms with Crippen molar-refractivity contribution in [2.45, 2.75) is 0 Å². The summed E-state index contributed by atoms with van der Waals surface area (Å²) in [4.78, 5) is 0. The average molecular weight is 213 g/mol. The highest BCUT2D eigenvalue weighted by atomic mass is 35.5. The SMILES string of the molecule is Oc1ccc2c(Cl)cc(Cl)c-2cc1. The van der Waals surface area contributed by atoms with Gasteiger partial charge in [0, 0.05) is 21.2 Å². The van der Waals surface area contributed by atoms with Gasteiger partial charge in [0.2, 0.25) is 0 Å². The topological polar surface area (TPSA) is 20.2 Å². The average Bonchev–Trinajstić information content (AvgIpc) is 2.27. The summed E-state index contributed by atoms with van der Waals surface area (Å²) in [5, 5.41) is 10.4. The van der Waals surface area contributed by atoms with Crippen molar-refractivity contribution in [2.24, 2.45) is 0 Å². The Morgan fingerprint density at radius 2 is 1.31 bits per heavy atom. The van der Waals surface area contributed by atoms with Crippen LogP contribution in [0.4, 0.5) is 0 Å². The van der Waals surface area contributed by atoms with Gasteiger partial charge in [-0.25, -0.2) is 0 Å². The molecule has 0 fully saturated rings. The van der Waals surface area contributed by atoms with Gasteiger partial charge in [-0.1, -0.05) is 23.2 Å². The van der Waals surface area contributed by atoms with E-state index in [1.54, 1.807) is 30.3 Å². The first-order valence-corrected chi connectivity index (χ1v) is 4.51. The second-order valence-electron chi connectivity index (χ2n) is 2.76. The van der Waals surface area contributed by atoms with Gasteiger partial charge < -0.3 is 5.11 Å². The van der Waals surface area contributed by atoms with Crippen LogP contribution in [0.2, 0.25) is 10.0 Å². The molecule has 0 aliphatic heterocycles. The highest BCUT2D eigenvalue weighted by Crippen LogP contribution is 2.38. The van der Waals surface area contributed by atoms with E-state index in [0.717, 1.165) is 11.1 Å². The lowest BCUT2D eigenvalue weighted by Gasteiger charge is -1.91. The summed E-state index contributed by atoms with van der Waals surface area (Å²) in [5.74, 6) is 0.198. The maximum Gasteiger partial charge on any atom is 0.115 e. The van der Waals surface area contributed by atoms with Gasteiger partial charge in [-0.05, 0) is 30.3 Å². The molecule has 0 atom stereocenters. The highest BCUT2D eigenvalue weighted by Gasteiger charge is 2.11. The molecule has 0 heterocycles. The lowest BCUT2D eigenvalue weighted by molar-refractivity contribution is 0.476. The third-order valence-electron chi connectivity index (χ3n) is 1.90.